The van der Waals surface area contributed by atoms with E-state index < -0.39 is 12.1 Å². The van der Waals surface area contributed by atoms with Gasteiger partial charge in [-0.15, -0.1) is 0 Å². The number of ketones is 1. The van der Waals surface area contributed by atoms with E-state index in [4.69, 9.17) is 21.3 Å². The second kappa shape index (κ2) is 12.5. The molecule has 1 saturated carbocycles. The van der Waals surface area contributed by atoms with Gasteiger partial charge in [-0.05, 0) is 55.7 Å². The molecule has 0 N–H and O–H groups in total. The molecule has 0 spiro atoms. The van der Waals surface area contributed by atoms with Crippen LogP contribution in [-0.4, -0.2) is 44.3 Å². The predicted octanol–water partition coefficient (Wildman–Crippen LogP) is 7.80. The molecule has 1 aliphatic heterocycles. The highest BCUT2D eigenvalue weighted by Crippen LogP contribution is 2.44. The van der Waals surface area contributed by atoms with Crippen molar-refractivity contribution in [2.45, 2.75) is 41.9 Å². The number of carbonyl (C=O) groups is 4. The number of hydrogen-bond donors (Lipinski definition) is 0. The van der Waals surface area contributed by atoms with Gasteiger partial charge in [-0.1, -0.05) is 92.8 Å². The van der Waals surface area contributed by atoms with Crippen LogP contribution in [0, 0.1) is 11.8 Å². The normalized spacial score (nSPS) is 22.1. The van der Waals surface area contributed by atoms with Crippen molar-refractivity contribution >= 4 is 83.6 Å². The maximum Gasteiger partial charge on any atom is 0.339 e. The van der Waals surface area contributed by atoms with Gasteiger partial charge in [0.1, 0.15) is 0 Å². The highest BCUT2D eigenvalue weighted by molar-refractivity contribution is 9.12. The van der Waals surface area contributed by atoms with Gasteiger partial charge in [0.25, 0.3) is 0 Å². The molecule has 5 unspecified atom stereocenters. The summed E-state index contributed by atoms with van der Waals surface area (Å²) in [5.74, 6) is -2.00. The second-order valence-corrected chi connectivity index (χ2v) is 13.8. The summed E-state index contributed by atoms with van der Waals surface area (Å²) in [6.07, 6.45) is 0.535. The molecule has 224 valence electrons. The van der Waals surface area contributed by atoms with Crippen molar-refractivity contribution in [3.63, 3.8) is 0 Å². The highest BCUT2D eigenvalue weighted by Gasteiger charge is 2.52. The third kappa shape index (κ3) is 5.73. The van der Waals surface area contributed by atoms with Gasteiger partial charge in [0.15, 0.2) is 6.10 Å². The average Bonchev–Trinajstić information content (AvgIpc) is 3.27. The van der Waals surface area contributed by atoms with Crippen LogP contribution in [-0.2, 0) is 14.3 Å². The number of ether oxygens (including phenoxy) is 1. The van der Waals surface area contributed by atoms with Crippen molar-refractivity contribution in [1.29, 1.82) is 0 Å². The molecule has 7 nitrogen and oxygen atoms in total. The summed E-state index contributed by atoms with van der Waals surface area (Å²) >= 11 is 13.5. The lowest BCUT2D eigenvalue weighted by Gasteiger charge is -2.29. The van der Waals surface area contributed by atoms with Crippen molar-refractivity contribution in [3.05, 3.63) is 95.0 Å². The van der Waals surface area contributed by atoms with Crippen LogP contribution in [0.1, 0.15) is 46.9 Å². The van der Waals surface area contributed by atoms with E-state index in [9.17, 15) is 19.2 Å². The first kappa shape index (κ1) is 30.6. The molecule has 2 amide bonds. The molecule has 4 aromatic rings. The standard InChI is InChI=1S/C34H27Br2ClN2O5/c1-2-30(31(40)19-6-4-3-5-7-19)44-34(43)25-17-29(38-28-13-10-20(37)14-22(25)28)18-8-11-21(12-9-18)39-32(41)23-15-26(35)27(36)16-24(23)33(39)42/h3-14,17,23-24,26-27,30H,2,15-16H2,1H3. The van der Waals surface area contributed by atoms with Gasteiger partial charge in [0.05, 0.1) is 34.3 Å². The van der Waals surface area contributed by atoms with E-state index in [0.717, 1.165) is 0 Å². The molecular weight excluding hydrogens is 712 g/mol. The fourth-order valence-corrected chi connectivity index (χ4v) is 7.36. The molecule has 1 aliphatic carbocycles. The topological polar surface area (TPSA) is 93.6 Å². The number of imide groups is 1. The third-order valence-corrected chi connectivity index (χ3v) is 11.3. The third-order valence-electron chi connectivity index (χ3n) is 8.29. The van der Waals surface area contributed by atoms with Crippen LogP contribution >= 0.6 is 43.5 Å². The Kier molecular flexibility index (Phi) is 8.72. The van der Waals surface area contributed by atoms with Gasteiger partial charge >= 0.3 is 5.97 Å². The Bertz CT molecular complexity index is 1750. The largest absolute Gasteiger partial charge is 0.450 e. The molecular formula is C34H27Br2ClN2O5. The minimum absolute atomic E-state index is 0.127. The summed E-state index contributed by atoms with van der Waals surface area (Å²) < 4.78 is 5.76. The van der Waals surface area contributed by atoms with Gasteiger partial charge in [-0.3, -0.25) is 19.3 Å². The number of nitrogens with zero attached hydrogens (tertiary/aromatic N) is 2. The first-order chi connectivity index (χ1) is 21.2. The minimum atomic E-state index is -0.964. The average molecular weight is 739 g/mol. The van der Waals surface area contributed by atoms with E-state index in [1.54, 1.807) is 79.7 Å². The number of halogens is 3. The summed E-state index contributed by atoms with van der Waals surface area (Å²) in [6.45, 7) is 1.79. The number of anilines is 1. The first-order valence-electron chi connectivity index (χ1n) is 14.3. The number of amides is 2. The molecule has 0 radical (unpaired) electrons. The van der Waals surface area contributed by atoms with Crippen LogP contribution < -0.4 is 4.90 Å². The summed E-state index contributed by atoms with van der Waals surface area (Å²) in [6, 6.07) is 22.4. The molecule has 44 heavy (non-hydrogen) atoms. The number of Topliss-reactive ketones (excluding diaryl/α,β-unsaturated/α-hetero) is 1. The molecule has 0 bridgehead atoms. The lowest BCUT2D eigenvalue weighted by atomic mass is 9.81. The quantitative estimate of drug-likeness (QED) is 0.0832. The summed E-state index contributed by atoms with van der Waals surface area (Å²) in [5.41, 5.74) is 2.85. The Morgan fingerprint density at radius 1 is 0.932 bits per heavy atom. The van der Waals surface area contributed by atoms with E-state index in [0.29, 0.717) is 57.7 Å². The van der Waals surface area contributed by atoms with Gasteiger partial charge in [-0.2, -0.15) is 0 Å². The Morgan fingerprint density at radius 2 is 1.57 bits per heavy atom. The molecule has 2 aliphatic rings. The Hall–Kier alpha value is -3.40. The number of hydrogen-bond acceptors (Lipinski definition) is 6. The number of pyridine rings is 1. The van der Waals surface area contributed by atoms with Gasteiger partial charge in [-0.25, -0.2) is 9.78 Å². The monoisotopic (exact) mass is 736 g/mol. The zero-order chi connectivity index (χ0) is 31.1. The van der Waals surface area contributed by atoms with Gasteiger partial charge in [0.2, 0.25) is 17.6 Å². The zero-order valence-electron chi connectivity index (χ0n) is 23.6. The van der Waals surface area contributed by atoms with Crippen molar-refractivity contribution in [2.24, 2.45) is 11.8 Å². The molecule has 1 saturated heterocycles. The molecule has 5 atom stereocenters. The van der Waals surface area contributed by atoms with E-state index in [-0.39, 0.29) is 44.7 Å². The van der Waals surface area contributed by atoms with Gasteiger partial charge in [0, 0.05) is 31.2 Å². The Morgan fingerprint density at radius 3 is 2.18 bits per heavy atom. The summed E-state index contributed by atoms with van der Waals surface area (Å²) in [4.78, 5) is 59.5. The number of aromatic nitrogens is 1. The van der Waals surface area contributed by atoms with Crippen LogP contribution in [0.2, 0.25) is 5.02 Å². The number of rotatable bonds is 7. The van der Waals surface area contributed by atoms with Crippen LogP contribution in [0.3, 0.4) is 0 Å². The Balaban J connectivity index is 1.31. The highest BCUT2D eigenvalue weighted by atomic mass is 79.9. The van der Waals surface area contributed by atoms with Crippen molar-refractivity contribution in [1.82, 2.24) is 4.98 Å². The lowest BCUT2D eigenvalue weighted by molar-refractivity contribution is -0.122. The van der Waals surface area contributed by atoms with E-state index >= 15 is 0 Å². The molecule has 2 fully saturated rings. The SMILES string of the molecule is CCC(OC(=O)c1cc(-c2ccc(N3C(=O)C4CC(Br)C(Br)CC4C3=O)cc2)nc2ccc(Cl)cc12)C(=O)c1ccccc1. The second-order valence-electron chi connectivity index (χ2n) is 11.0. The maximum atomic E-state index is 13.6. The van der Waals surface area contributed by atoms with Crippen LogP contribution in [0.15, 0.2) is 78.9 Å². The summed E-state index contributed by atoms with van der Waals surface area (Å²) in [7, 11) is 0. The first-order valence-corrected chi connectivity index (χ1v) is 16.5. The van der Waals surface area contributed by atoms with Crippen LogP contribution in [0.4, 0.5) is 5.69 Å². The fourth-order valence-electron chi connectivity index (χ4n) is 5.95. The molecule has 1 aromatic heterocycles. The minimum Gasteiger partial charge on any atom is -0.450 e. The number of benzene rings is 3. The molecule has 2 heterocycles. The fraction of sp³-hybridized carbons (Fsp3) is 0.265. The van der Waals surface area contributed by atoms with Gasteiger partial charge < -0.3 is 4.74 Å². The number of carbonyl (C=O) groups excluding carboxylic acids is 4. The lowest BCUT2D eigenvalue weighted by Crippen LogP contribution is -2.34. The van der Waals surface area contributed by atoms with Crippen molar-refractivity contribution in [2.75, 3.05) is 4.90 Å². The number of alkyl halides is 2. The molecule has 6 rings (SSSR count). The molecule has 3 aromatic carbocycles. The zero-order valence-corrected chi connectivity index (χ0v) is 27.5. The summed E-state index contributed by atoms with van der Waals surface area (Å²) in [5, 5.41) is 0.923. The van der Waals surface area contributed by atoms with E-state index in [1.165, 1.54) is 4.90 Å². The maximum absolute atomic E-state index is 13.6. The van der Waals surface area contributed by atoms with E-state index in [1.807, 2.05) is 6.07 Å². The smallest absolute Gasteiger partial charge is 0.339 e. The number of esters is 1. The molecule has 10 heteroatoms. The van der Waals surface area contributed by atoms with Crippen LogP contribution in [0.25, 0.3) is 22.2 Å². The van der Waals surface area contributed by atoms with Crippen LogP contribution in [0.5, 0.6) is 0 Å². The number of fused-ring (bicyclic) bond motifs is 2. The van der Waals surface area contributed by atoms with Crippen molar-refractivity contribution < 1.29 is 23.9 Å². The van der Waals surface area contributed by atoms with E-state index in [2.05, 4.69) is 31.9 Å². The predicted molar refractivity (Wildman–Crippen MR) is 177 cm³/mol. The Labute approximate surface area is 276 Å². The van der Waals surface area contributed by atoms with Crippen molar-refractivity contribution in [3.8, 4) is 11.3 Å².